The molecule has 0 aromatic heterocycles. The molecule has 0 unspecified atom stereocenters. The van der Waals surface area contributed by atoms with E-state index in [2.05, 4.69) is 16.8 Å². The van der Waals surface area contributed by atoms with Gasteiger partial charge in [-0.3, -0.25) is 9.69 Å². The Balaban J connectivity index is 1.72. The van der Waals surface area contributed by atoms with Crippen molar-refractivity contribution in [2.24, 2.45) is 10.2 Å². The van der Waals surface area contributed by atoms with Gasteiger partial charge >= 0.3 is 0 Å². The van der Waals surface area contributed by atoms with Crippen LogP contribution in [0.3, 0.4) is 0 Å². The molecule has 0 N–H and O–H groups in total. The average Bonchev–Trinajstić information content (AvgIpc) is 2.98. The Morgan fingerprint density at radius 1 is 1.14 bits per heavy atom. The average molecular weight is 393 g/mol. The van der Waals surface area contributed by atoms with Gasteiger partial charge in [0.05, 0.1) is 11.5 Å². The van der Waals surface area contributed by atoms with Crippen molar-refractivity contribution in [1.82, 2.24) is 4.90 Å². The fourth-order valence-corrected chi connectivity index (χ4v) is 3.99. The summed E-state index contributed by atoms with van der Waals surface area (Å²) < 4.78 is 0. The Labute approximate surface area is 170 Å². The van der Waals surface area contributed by atoms with Crippen LogP contribution < -0.4 is 4.90 Å². The lowest BCUT2D eigenvalue weighted by molar-refractivity contribution is -0.125. The number of amides is 1. The second-order valence-electron chi connectivity index (χ2n) is 6.65. The minimum atomic E-state index is -0.185. The van der Waals surface area contributed by atoms with Crippen LogP contribution in [0, 0.1) is 0 Å². The first-order valence-corrected chi connectivity index (χ1v) is 9.97. The van der Waals surface area contributed by atoms with Crippen molar-refractivity contribution in [2.45, 2.75) is 11.7 Å². The van der Waals surface area contributed by atoms with Crippen molar-refractivity contribution in [3.63, 3.8) is 0 Å². The van der Waals surface area contributed by atoms with E-state index in [1.54, 1.807) is 17.2 Å². The highest BCUT2D eigenvalue weighted by Gasteiger charge is 2.37. The molecule has 1 aliphatic rings. The molecule has 5 nitrogen and oxygen atoms in total. The fourth-order valence-electron chi connectivity index (χ4n) is 2.84. The van der Waals surface area contributed by atoms with Gasteiger partial charge < -0.3 is 4.90 Å². The van der Waals surface area contributed by atoms with E-state index in [0.717, 1.165) is 16.8 Å². The predicted octanol–water partition coefficient (Wildman–Crippen LogP) is 3.82. The molecule has 2 aromatic rings. The van der Waals surface area contributed by atoms with E-state index in [1.807, 2.05) is 73.6 Å². The summed E-state index contributed by atoms with van der Waals surface area (Å²) >= 11 is 1.46. The zero-order chi connectivity index (χ0) is 19.9. The van der Waals surface area contributed by atoms with Crippen LogP contribution in [0.1, 0.15) is 11.1 Å². The first-order chi connectivity index (χ1) is 13.6. The molecule has 1 atom stereocenters. The summed E-state index contributed by atoms with van der Waals surface area (Å²) in [5, 5.41) is 8.95. The molecular formula is C22H24N4OS. The Kier molecular flexibility index (Phi) is 6.66. The molecule has 28 heavy (non-hydrogen) atoms. The third-order valence-corrected chi connectivity index (χ3v) is 5.52. The zero-order valence-corrected chi connectivity index (χ0v) is 17.0. The predicted molar refractivity (Wildman–Crippen MR) is 119 cm³/mol. The Morgan fingerprint density at radius 3 is 2.50 bits per heavy atom. The molecule has 144 valence electrons. The maximum absolute atomic E-state index is 12.8. The molecule has 0 bridgehead atoms. The number of anilines is 1. The van der Waals surface area contributed by atoms with Crippen molar-refractivity contribution < 1.29 is 4.79 Å². The van der Waals surface area contributed by atoms with Gasteiger partial charge in [-0.15, -0.1) is 11.7 Å². The van der Waals surface area contributed by atoms with Crippen molar-refractivity contribution in [3.8, 4) is 0 Å². The Bertz CT molecular complexity index is 875. The third-order valence-electron chi connectivity index (χ3n) is 4.36. The molecule has 1 heterocycles. The maximum atomic E-state index is 12.8. The molecule has 1 aliphatic heterocycles. The highest BCUT2D eigenvalue weighted by Crippen LogP contribution is 2.30. The van der Waals surface area contributed by atoms with Gasteiger partial charge in [0.2, 0.25) is 5.91 Å². The van der Waals surface area contributed by atoms with Crippen LogP contribution in [0.25, 0.3) is 0 Å². The second kappa shape index (κ2) is 9.37. The molecule has 0 saturated carbocycles. The van der Waals surface area contributed by atoms with Gasteiger partial charge in [0, 0.05) is 26.3 Å². The molecule has 0 radical (unpaired) electrons. The number of benzene rings is 2. The fraction of sp³-hybridized carbons (Fsp3) is 0.227. The monoisotopic (exact) mass is 392 g/mol. The molecule has 1 amide bonds. The van der Waals surface area contributed by atoms with Crippen molar-refractivity contribution in [2.75, 3.05) is 25.5 Å². The van der Waals surface area contributed by atoms with Crippen LogP contribution in [-0.4, -0.2) is 48.1 Å². The van der Waals surface area contributed by atoms with E-state index >= 15 is 0 Å². The Morgan fingerprint density at radius 2 is 1.86 bits per heavy atom. The summed E-state index contributed by atoms with van der Waals surface area (Å²) in [5.74, 6) is 0.0537. The molecule has 1 fully saturated rings. The number of thioether (sulfide) groups is 1. The molecule has 3 rings (SSSR count). The smallest absolute Gasteiger partial charge is 0.242 e. The van der Waals surface area contributed by atoms with Crippen LogP contribution in [-0.2, 0) is 11.2 Å². The van der Waals surface area contributed by atoms with Crippen LogP contribution in [0.2, 0.25) is 0 Å². The third kappa shape index (κ3) is 4.89. The van der Waals surface area contributed by atoms with Crippen LogP contribution in [0.4, 0.5) is 5.69 Å². The number of hydrogen-bond donors (Lipinski definition) is 0. The van der Waals surface area contributed by atoms with E-state index < -0.39 is 0 Å². The van der Waals surface area contributed by atoms with Gasteiger partial charge in [-0.2, -0.15) is 5.10 Å². The first-order valence-electron chi connectivity index (χ1n) is 9.09. The number of hydrogen-bond acceptors (Lipinski definition) is 5. The van der Waals surface area contributed by atoms with E-state index in [0.29, 0.717) is 18.1 Å². The van der Waals surface area contributed by atoms with Crippen molar-refractivity contribution in [3.05, 3.63) is 78.4 Å². The van der Waals surface area contributed by atoms with Gasteiger partial charge in [-0.25, -0.2) is 0 Å². The quantitative estimate of drug-likeness (QED) is 0.409. The lowest BCUT2D eigenvalue weighted by Crippen LogP contribution is -2.32. The standard InChI is InChI=1S/C22H24N4OS/c1-4-14-26-21(27)20(15-17-8-6-5-7-9-17)28-22(26)24-23-16-18-10-12-19(13-11-18)25(2)3/h4-13,16,20H,1,14-15H2,2-3H3/b23-16-,24-22-/t20-/m1/s1. The summed E-state index contributed by atoms with van der Waals surface area (Å²) in [6.45, 7) is 4.19. The van der Waals surface area contributed by atoms with Gasteiger partial charge in [-0.1, -0.05) is 60.3 Å². The van der Waals surface area contributed by atoms with E-state index in [4.69, 9.17) is 0 Å². The van der Waals surface area contributed by atoms with E-state index in [-0.39, 0.29) is 11.2 Å². The summed E-state index contributed by atoms with van der Waals surface area (Å²) in [6, 6.07) is 18.1. The summed E-state index contributed by atoms with van der Waals surface area (Å²) in [6.07, 6.45) is 4.09. The van der Waals surface area contributed by atoms with Crippen LogP contribution >= 0.6 is 11.8 Å². The Hall–Kier alpha value is -2.86. The number of amidine groups is 1. The first kappa shape index (κ1) is 19.9. The van der Waals surface area contributed by atoms with Crippen molar-refractivity contribution in [1.29, 1.82) is 0 Å². The highest BCUT2D eigenvalue weighted by atomic mass is 32.2. The lowest BCUT2D eigenvalue weighted by atomic mass is 10.1. The maximum Gasteiger partial charge on any atom is 0.242 e. The number of rotatable bonds is 7. The largest absolute Gasteiger partial charge is 0.378 e. The molecular weight excluding hydrogens is 368 g/mol. The SMILES string of the molecule is C=CCN1C(=O)[C@@H](Cc2ccccc2)S/C1=N\N=C/c1ccc(N(C)C)cc1. The minimum absolute atomic E-state index is 0.0537. The number of nitrogens with zero attached hydrogens (tertiary/aromatic N) is 4. The molecule has 6 heteroatoms. The van der Waals surface area contributed by atoms with Crippen LogP contribution in [0.15, 0.2) is 77.5 Å². The van der Waals surface area contributed by atoms with Gasteiger partial charge in [-0.05, 0) is 29.7 Å². The van der Waals surface area contributed by atoms with Gasteiger partial charge in [0.25, 0.3) is 0 Å². The lowest BCUT2D eigenvalue weighted by Gasteiger charge is -2.13. The number of carbonyl (C=O) groups is 1. The second-order valence-corrected chi connectivity index (χ2v) is 7.82. The summed E-state index contributed by atoms with van der Waals surface area (Å²) in [5.41, 5.74) is 3.22. The topological polar surface area (TPSA) is 48.3 Å². The van der Waals surface area contributed by atoms with Crippen LogP contribution in [0.5, 0.6) is 0 Å². The van der Waals surface area contributed by atoms with Crippen molar-refractivity contribution >= 4 is 34.7 Å². The molecule has 1 saturated heterocycles. The molecule has 0 aliphatic carbocycles. The van der Waals surface area contributed by atoms with Gasteiger partial charge in [0.15, 0.2) is 5.17 Å². The zero-order valence-electron chi connectivity index (χ0n) is 16.2. The summed E-state index contributed by atoms with van der Waals surface area (Å²) in [4.78, 5) is 16.5. The minimum Gasteiger partial charge on any atom is -0.378 e. The number of carbonyl (C=O) groups excluding carboxylic acids is 1. The van der Waals surface area contributed by atoms with E-state index in [1.165, 1.54) is 11.8 Å². The summed E-state index contributed by atoms with van der Waals surface area (Å²) in [7, 11) is 4.01. The normalized spacial score (nSPS) is 18.2. The molecule has 2 aromatic carbocycles. The molecule has 0 spiro atoms. The highest BCUT2D eigenvalue weighted by molar-refractivity contribution is 8.15. The van der Waals surface area contributed by atoms with Gasteiger partial charge in [0.1, 0.15) is 0 Å². The van der Waals surface area contributed by atoms with E-state index in [9.17, 15) is 4.79 Å².